The van der Waals surface area contributed by atoms with E-state index in [9.17, 15) is 14.7 Å². The summed E-state index contributed by atoms with van der Waals surface area (Å²) < 4.78 is 10.0. The highest BCUT2D eigenvalue weighted by molar-refractivity contribution is 6.10. The van der Waals surface area contributed by atoms with Crippen LogP contribution in [0.2, 0.25) is 0 Å². The second-order valence-electron chi connectivity index (χ2n) is 4.57. The number of methoxy groups -OCH3 is 1. The first-order valence-electron chi connectivity index (χ1n) is 7.02. The van der Waals surface area contributed by atoms with Crippen LogP contribution in [0, 0.1) is 0 Å². The fraction of sp³-hybridized carbons (Fsp3) is 0.176. The lowest BCUT2D eigenvalue weighted by Gasteiger charge is -2.13. The third kappa shape index (κ3) is 3.60. The van der Waals surface area contributed by atoms with Crippen LogP contribution in [-0.4, -0.2) is 30.7 Å². The maximum Gasteiger partial charge on any atom is 0.340 e. The summed E-state index contributed by atoms with van der Waals surface area (Å²) in [5, 5.41) is 12.5. The van der Waals surface area contributed by atoms with E-state index in [0.717, 1.165) is 0 Å². The molecule has 2 aromatic rings. The van der Waals surface area contributed by atoms with Crippen LogP contribution in [0.5, 0.6) is 11.5 Å². The fourth-order valence-corrected chi connectivity index (χ4v) is 2.08. The minimum absolute atomic E-state index is 0.00587. The predicted molar refractivity (Wildman–Crippen MR) is 85.0 cm³/mol. The zero-order chi connectivity index (χ0) is 16.8. The van der Waals surface area contributed by atoms with Crippen molar-refractivity contribution in [3.05, 3.63) is 53.6 Å². The minimum Gasteiger partial charge on any atom is -0.507 e. The molecule has 0 saturated heterocycles. The van der Waals surface area contributed by atoms with Gasteiger partial charge in [-0.3, -0.25) is 4.79 Å². The Morgan fingerprint density at radius 2 is 1.87 bits per heavy atom. The zero-order valence-corrected chi connectivity index (χ0v) is 12.8. The molecule has 0 bridgehead atoms. The first-order valence-corrected chi connectivity index (χ1v) is 7.02. The van der Waals surface area contributed by atoms with Gasteiger partial charge in [-0.25, -0.2) is 4.79 Å². The van der Waals surface area contributed by atoms with Crippen LogP contribution in [0.25, 0.3) is 0 Å². The van der Waals surface area contributed by atoms with E-state index in [1.54, 1.807) is 43.3 Å². The van der Waals surface area contributed by atoms with Crippen molar-refractivity contribution in [2.75, 3.05) is 19.0 Å². The lowest BCUT2D eigenvalue weighted by Crippen LogP contribution is -2.16. The molecule has 1 amide bonds. The van der Waals surface area contributed by atoms with Crippen LogP contribution in [0.4, 0.5) is 5.69 Å². The first kappa shape index (κ1) is 16.4. The molecule has 0 spiro atoms. The largest absolute Gasteiger partial charge is 0.507 e. The summed E-state index contributed by atoms with van der Waals surface area (Å²) in [6.45, 7) is 1.93. The molecule has 23 heavy (non-hydrogen) atoms. The standard InChI is InChI=1S/C17H17NO5/c1-3-23-17(21)11-7-4-5-8-12(11)18-16(20)15-13(19)9-6-10-14(15)22-2/h4-10,19H,3H2,1-2H3,(H,18,20). The van der Waals surface area contributed by atoms with Gasteiger partial charge in [0.25, 0.3) is 5.91 Å². The van der Waals surface area contributed by atoms with Crippen LogP contribution < -0.4 is 10.1 Å². The van der Waals surface area contributed by atoms with Crippen molar-refractivity contribution in [2.45, 2.75) is 6.92 Å². The molecule has 0 fully saturated rings. The van der Waals surface area contributed by atoms with Crippen LogP contribution in [0.15, 0.2) is 42.5 Å². The summed E-state index contributed by atoms with van der Waals surface area (Å²) in [4.78, 5) is 24.4. The molecule has 0 saturated carbocycles. The third-order valence-corrected chi connectivity index (χ3v) is 3.12. The molecule has 0 aromatic heterocycles. The van der Waals surface area contributed by atoms with E-state index in [2.05, 4.69) is 5.32 Å². The highest BCUT2D eigenvalue weighted by atomic mass is 16.5. The van der Waals surface area contributed by atoms with Gasteiger partial charge in [0.05, 0.1) is 25.0 Å². The van der Waals surface area contributed by atoms with E-state index in [1.807, 2.05) is 0 Å². The third-order valence-electron chi connectivity index (χ3n) is 3.12. The summed E-state index contributed by atoms with van der Waals surface area (Å²) in [5.74, 6) is -1.10. The molecule has 0 aliphatic rings. The molecule has 0 unspecified atom stereocenters. The summed E-state index contributed by atoms with van der Waals surface area (Å²) in [7, 11) is 1.40. The number of benzene rings is 2. The molecule has 0 radical (unpaired) electrons. The molecule has 2 rings (SSSR count). The van der Waals surface area contributed by atoms with Crippen LogP contribution in [0.3, 0.4) is 0 Å². The van der Waals surface area contributed by atoms with Crippen molar-refractivity contribution in [3.63, 3.8) is 0 Å². The quantitative estimate of drug-likeness (QED) is 0.829. The molecule has 2 aromatic carbocycles. The van der Waals surface area contributed by atoms with E-state index < -0.39 is 11.9 Å². The van der Waals surface area contributed by atoms with E-state index in [1.165, 1.54) is 13.2 Å². The number of hydrogen-bond acceptors (Lipinski definition) is 5. The normalized spacial score (nSPS) is 10.0. The van der Waals surface area contributed by atoms with Gasteiger partial charge >= 0.3 is 5.97 Å². The van der Waals surface area contributed by atoms with Crippen LogP contribution >= 0.6 is 0 Å². The number of rotatable bonds is 5. The lowest BCUT2D eigenvalue weighted by molar-refractivity contribution is 0.0527. The van der Waals surface area contributed by atoms with Gasteiger partial charge in [0.1, 0.15) is 17.1 Å². The summed E-state index contributed by atoms with van der Waals surface area (Å²) >= 11 is 0. The number of anilines is 1. The predicted octanol–water partition coefficient (Wildman–Crippen LogP) is 2.83. The highest BCUT2D eigenvalue weighted by Gasteiger charge is 2.20. The molecule has 0 atom stereocenters. The van der Waals surface area contributed by atoms with Gasteiger partial charge in [-0.05, 0) is 31.2 Å². The van der Waals surface area contributed by atoms with Crippen LogP contribution in [-0.2, 0) is 4.74 Å². The second-order valence-corrected chi connectivity index (χ2v) is 4.57. The number of carbonyl (C=O) groups is 2. The van der Waals surface area contributed by atoms with E-state index in [0.29, 0.717) is 5.69 Å². The number of hydrogen-bond donors (Lipinski definition) is 2. The average Bonchev–Trinajstić information content (AvgIpc) is 2.55. The molecule has 0 heterocycles. The Labute approximate surface area is 133 Å². The molecule has 6 heteroatoms. The van der Waals surface area contributed by atoms with Gasteiger partial charge in [-0.2, -0.15) is 0 Å². The fourth-order valence-electron chi connectivity index (χ4n) is 2.08. The van der Waals surface area contributed by atoms with Gasteiger partial charge in [-0.1, -0.05) is 18.2 Å². The summed E-state index contributed by atoms with van der Waals surface area (Å²) in [5.41, 5.74) is 0.520. The maximum atomic E-state index is 12.4. The van der Waals surface area contributed by atoms with E-state index >= 15 is 0 Å². The maximum absolute atomic E-state index is 12.4. The number of phenols is 1. The Balaban J connectivity index is 2.34. The minimum atomic E-state index is -0.586. The topological polar surface area (TPSA) is 84.9 Å². The van der Waals surface area contributed by atoms with Crippen molar-refractivity contribution in [1.29, 1.82) is 0 Å². The number of amides is 1. The Hall–Kier alpha value is -3.02. The molecule has 0 aliphatic heterocycles. The Bertz CT molecular complexity index is 727. The van der Waals surface area contributed by atoms with Crippen molar-refractivity contribution >= 4 is 17.6 Å². The highest BCUT2D eigenvalue weighted by Crippen LogP contribution is 2.28. The molecule has 2 N–H and O–H groups in total. The first-order chi connectivity index (χ1) is 11.1. The van der Waals surface area contributed by atoms with Crippen LogP contribution in [0.1, 0.15) is 27.6 Å². The second kappa shape index (κ2) is 7.31. The lowest BCUT2D eigenvalue weighted by atomic mass is 10.1. The monoisotopic (exact) mass is 315 g/mol. The molecular formula is C17H17NO5. The van der Waals surface area contributed by atoms with Crippen molar-refractivity contribution in [2.24, 2.45) is 0 Å². The van der Waals surface area contributed by atoms with E-state index in [-0.39, 0.29) is 29.2 Å². The molecular weight excluding hydrogens is 298 g/mol. The number of phenolic OH excluding ortho intramolecular Hbond substituents is 1. The van der Waals surface area contributed by atoms with Gasteiger partial charge in [0.2, 0.25) is 0 Å². The smallest absolute Gasteiger partial charge is 0.340 e. The van der Waals surface area contributed by atoms with Crippen molar-refractivity contribution in [3.8, 4) is 11.5 Å². The van der Waals surface area contributed by atoms with Gasteiger partial charge in [0.15, 0.2) is 0 Å². The van der Waals surface area contributed by atoms with Gasteiger partial charge < -0.3 is 19.9 Å². The van der Waals surface area contributed by atoms with Crippen molar-refractivity contribution < 1.29 is 24.2 Å². The van der Waals surface area contributed by atoms with E-state index in [4.69, 9.17) is 9.47 Å². The Morgan fingerprint density at radius 3 is 2.57 bits per heavy atom. The average molecular weight is 315 g/mol. The Kier molecular flexibility index (Phi) is 5.19. The molecule has 0 aliphatic carbocycles. The number of para-hydroxylation sites is 1. The van der Waals surface area contributed by atoms with Gasteiger partial charge in [0, 0.05) is 0 Å². The SMILES string of the molecule is CCOC(=O)c1ccccc1NC(=O)c1c(O)cccc1OC. The molecule has 6 nitrogen and oxygen atoms in total. The van der Waals surface area contributed by atoms with Crippen molar-refractivity contribution in [1.82, 2.24) is 0 Å². The number of ether oxygens (including phenoxy) is 2. The summed E-state index contributed by atoms with van der Waals surface area (Å²) in [6, 6.07) is 11.0. The summed E-state index contributed by atoms with van der Waals surface area (Å²) in [6.07, 6.45) is 0. The number of aromatic hydroxyl groups is 1. The van der Waals surface area contributed by atoms with Gasteiger partial charge in [-0.15, -0.1) is 0 Å². The Morgan fingerprint density at radius 1 is 1.13 bits per heavy atom. The number of carbonyl (C=O) groups excluding carboxylic acids is 2. The molecule has 120 valence electrons. The number of esters is 1. The number of nitrogens with one attached hydrogen (secondary N) is 1. The zero-order valence-electron chi connectivity index (χ0n) is 12.8.